The summed E-state index contributed by atoms with van der Waals surface area (Å²) in [7, 11) is 1.00. The van der Waals surface area contributed by atoms with Crippen LogP contribution in [0.5, 0.6) is 0 Å². The summed E-state index contributed by atoms with van der Waals surface area (Å²) in [5.41, 5.74) is 1.60. The molecule has 0 aliphatic heterocycles. The van der Waals surface area contributed by atoms with E-state index in [1.807, 2.05) is 6.07 Å². The lowest BCUT2D eigenvalue weighted by Gasteiger charge is -2.20. The van der Waals surface area contributed by atoms with Crippen molar-refractivity contribution >= 4 is 15.9 Å². The molecule has 0 aromatic heterocycles. The number of aliphatic hydroxyl groups excluding tert-OH is 1. The second-order valence-electron chi connectivity index (χ2n) is 3.73. The van der Waals surface area contributed by atoms with E-state index < -0.39 is 0 Å². The summed E-state index contributed by atoms with van der Waals surface area (Å²) in [6, 6.07) is 8.36. The minimum atomic E-state index is 0.236. The van der Waals surface area contributed by atoms with Crippen LogP contribution in [0.3, 0.4) is 0 Å². The maximum Gasteiger partial charge on any atom is 0.0319 e. The monoisotopic (exact) mass is 244 g/mol. The molecule has 0 atom stereocenters. The van der Waals surface area contributed by atoms with Gasteiger partial charge in [0.15, 0.2) is 0 Å². The van der Waals surface area contributed by atoms with Gasteiger partial charge in [0.2, 0.25) is 0 Å². The van der Waals surface area contributed by atoms with Crippen LogP contribution < -0.4 is 0 Å². The maximum atomic E-state index is 7.00. The molecule has 1 aromatic carbocycles. The van der Waals surface area contributed by atoms with Gasteiger partial charge in [0, 0.05) is 11.6 Å². The first-order chi connectivity index (χ1) is 6.02. The zero-order chi connectivity index (χ0) is 10.5. The van der Waals surface area contributed by atoms with Crippen LogP contribution in [0.25, 0.3) is 0 Å². The first-order valence-electron chi connectivity index (χ1n) is 4.21. The summed E-state index contributed by atoms with van der Waals surface area (Å²) in [5, 5.41) is 7.00. The summed E-state index contributed by atoms with van der Waals surface area (Å²) in [6.07, 6.45) is 0. The van der Waals surface area contributed by atoms with Gasteiger partial charge in [-0.05, 0) is 17.0 Å². The number of benzene rings is 1. The fourth-order valence-corrected chi connectivity index (χ4v) is 1.95. The van der Waals surface area contributed by atoms with E-state index in [9.17, 15) is 0 Å². The molecule has 0 saturated carbocycles. The molecule has 1 nitrogen and oxygen atoms in total. The van der Waals surface area contributed by atoms with Crippen molar-refractivity contribution in [1.29, 1.82) is 0 Å². The number of halogens is 1. The van der Waals surface area contributed by atoms with Gasteiger partial charge in [-0.25, -0.2) is 0 Å². The van der Waals surface area contributed by atoms with E-state index in [0.29, 0.717) is 0 Å². The van der Waals surface area contributed by atoms with Crippen molar-refractivity contribution in [2.75, 3.05) is 7.11 Å². The molecule has 0 saturated heterocycles. The molecule has 0 unspecified atom stereocenters. The van der Waals surface area contributed by atoms with Gasteiger partial charge in [-0.1, -0.05) is 54.9 Å². The SMILES string of the molecule is CC(C)(C)c1ccccc1Br.CO. The Morgan fingerprint density at radius 1 is 1.08 bits per heavy atom. The van der Waals surface area contributed by atoms with Crippen molar-refractivity contribution in [3.8, 4) is 0 Å². The van der Waals surface area contributed by atoms with E-state index in [-0.39, 0.29) is 5.41 Å². The first-order valence-corrected chi connectivity index (χ1v) is 5.01. The Balaban J connectivity index is 0.000000671. The highest BCUT2D eigenvalue weighted by Crippen LogP contribution is 2.28. The van der Waals surface area contributed by atoms with Crippen molar-refractivity contribution < 1.29 is 5.11 Å². The zero-order valence-electron chi connectivity index (χ0n) is 8.63. The average Bonchev–Trinajstić information content (AvgIpc) is 2.07. The summed E-state index contributed by atoms with van der Waals surface area (Å²) >= 11 is 3.53. The minimum Gasteiger partial charge on any atom is -0.400 e. The zero-order valence-corrected chi connectivity index (χ0v) is 10.2. The largest absolute Gasteiger partial charge is 0.400 e. The molecule has 2 heteroatoms. The van der Waals surface area contributed by atoms with Crippen LogP contribution in [-0.2, 0) is 5.41 Å². The molecule has 0 aliphatic carbocycles. The normalized spacial score (nSPS) is 10.3. The molecular formula is C11H17BrO. The molecule has 74 valence electrons. The third-order valence-electron chi connectivity index (χ3n) is 1.68. The van der Waals surface area contributed by atoms with Gasteiger partial charge in [-0.3, -0.25) is 0 Å². The number of aliphatic hydroxyl groups is 1. The maximum absolute atomic E-state index is 7.00. The molecule has 1 aromatic rings. The van der Waals surface area contributed by atoms with E-state index in [1.165, 1.54) is 10.0 Å². The third-order valence-corrected chi connectivity index (χ3v) is 2.37. The fraction of sp³-hybridized carbons (Fsp3) is 0.455. The predicted octanol–water partition coefficient (Wildman–Crippen LogP) is 3.36. The number of hydrogen-bond acceptors (Lipinski definition) is 1. The van der Waals surface area contributed by atoms with Gasteiger partial charge in [0.05, 0.1) is 0 Å². The van der Waals surface area contributed by atoms with Crippen molar-refractivity contribution in [1.82, 2.24) is 0 Å². The number of hydrogen-bond donors (Lipinski definition) is 1. The molecule has 1 N–H and O–H groups in total. The second kappa shape index (κ2) is 5.40. The quantitative estimate of drug-likeness (QED) is 0.743. The molecule has 0 fully saturated rings. The highest BCUT2D eigenvalue weighted by atomic mass is 79.9. The molecule has 1 rings (SSSR count). The van der Waals surface area contributed by atoms with E-state index in [1.54, 1.807) is 0 Å². The summed E-state index contributed by atoms with van der Waals surface area (Å²) in [6.45, 7) is 6.65. The second-order valence-corrected chi connectivity index (χ2v) is 4.58. The van der Waals surface area contributed by atoms with Crippen molar-refractivity contribution in [2.24, 2.45) is 0 Å². The Labute approximate surface area is 88.9 Å². The molecule has 0 amide bonds. The van der Waals surface area contributed by atoms with Crippen molar-refractivity contribution in [3.63, 3.8) is 0 Å². The molecule has 0 radical (unpaired) electrons. The Morgan fingerprint density at radius 3 is 1.85 bits per heavy atom. The van der Waals surface area contributed by atoms with Crippen LogP contribution in [0, 0.1) is 0 Å². The number of rotatable bonds is 0. The molecule has 0 bridgehead atoms. The van der Waals surface area contributed by atoms with Crippen molar-refractivity contribution in [3.05, 3.63) is 34.3 Å². The van der Waals surface area contributed by atoms with E-state index in [4.69, 9.17) is 5.11 Å². The standard InChI is InChI=1S/C10H13Br.CH4O/c1-10(2,3)8-6-4-5-7-9(8)11;1-2/h4-7H,1-3H3;2H,1H3. The Kier molecular flexibility index (Phi) is 5.26. The van der Waals surface area contributed by atoms with E-state index in [0.717, 1.165) is 7.11 Å². The van der Waals surface area contributed by atoms with E-state index >= 15 is 0 Å². The lowest BCUT2D eigenvalue weighted by molar-refractivity contribution is 0.399. The van der Waals surface area contributed by atoms with Crippen LogP contribution in [0.4, 0.5) is 0 Å². The lowest BCUT2D eigenvalue weighted by atomic mass is 9.87. The third kappa shape index (κ3) is 3.92. The van der Waals surface area contributed by atoms with Gasteiger partial charge >= 0.3 is 0 Å². The first kappa shape index (κ1) is 12.7. The molecule has 0 spiro atoms. The predicted molar refractivity (Wildman–Crippen MR) is 61.0 cm³/mol. The molecule has 0 aliphatic rings. The summed E-state index contributed by atoms with van der Waals surface area (Å²) in [5.74, 6) is 0. The Hall–Kier alpha value is -0.340. The molecular weight excluding hydrogens is 228 g/mol. The van der Waals surface area contributed by atoms with E-state index in [2.05, 4.69) is 54.9 Å². The van der Waals surface area contributed by atoms with Crippen LogP contribution in [0.1, 0.15) is 26.3 Å². The van der Waals surface area contributed by atoms with Crippen LogP contribution in [-0.4, -0.2) is 12.2 Å². The smallest absolute Gasteiger partial charge is 0.0319 e. The lowest BCUT2D eigenvalue weighted by Crippen LogP contribution is -2.11. The molecule has 13 heavy (non-hydrogen) atoms. The topological polar surface area (TPSA) is 20.2 Å². The van der Waals surface area contributed by atoms with Crippen molar-refractivity contribution in [2.45, 2.75) is 26.2 Å². The minimum absolute atomic E-state index is 0.236. The van der Waals surface area contributed by atoms with Crippen LogP contribution >= 0.6 is 15.9 Å². The molecule has 0 heterocycles. The van der Waals surface area contributed by atoms with Gasteiger partial charge in [0.1, 0.15) is 0 Å². The van der Waals surface area contributed by atoms with Gasteiger partial charge in [-0.2, -0.15) is 0 Å². The summed E-state index contributed by atoms with van der Waals surface area (Å²) in [4.78, 5) is 0. The van der Waals surface area contributed by atoms with Gasteiger partial charge in [-0.15, -0.1) is 0 Å². The Morgan fingerprint density at radius 2 is 1.54 bits per heavy atom. The highest BCUT2D eigenvalue weighted by molar-refractivity contribution is 9.10. The van der Waals surface area contributed by atoms with Gasteiger partial charge < -0.3 is 5.11 Å². The van der Waals surface area contributed by atoms with Crippen LogP contribution in [0.15, 0.2) is 28.7 Å². The van der Waals surface area contributed by atoms with Gasteiger partial charge in [0.25, 0.3) is 0 Å². The average molecular weight is 245 g/mol. The fourth-order valence-electron chi connectivity index (χ4n) is 1.07. The Bertz CT molecular complexity index is 251. The summed E-state index contributed by atoms with van der Waals surface area (Å²) < 4.78 is 1.20. The van der Waals surface area contributed by atoms with Crippen LogP contribution in [0.2, 0.25) is 0 Å². The highest BCUT2D eigenvalue weighted by Gasteiger charge is 2.15.